The van der Waals surface area contributed by atoms with Crippen molar-refractivity contribution in [2.45, 2.75) is 13.8 Å². The Kier molecular flexibility index (Phi) is 3.68. The molecule has 6 heteroatoms. The van der Waals surface area contributed by atoms with E-state index in [1.807, 2.05) is 20.9 Å². The molecular weight excluding hydrogens is 271 g/mol. The number of halogens is 2. The van der Waals surface area contributed by atoms with Crippen molar-refractivity contribution in [3.05, 3.63) is 39.6 Å². The summed E-state index contributed by atoms with van der Waals surface area (Å²) in [6, 6.07) is 5.22. The number of benzene rings is 1. The van der Waals surface area contributed by atoms with Gasteiger partial charge in [-0.1, -0.05) is 29.3 Å². The molecule has 0 aliphatic rings. The smallest absolute Gasteiger partial charge is 0.129 e. The molecule has 0 aliphatic carbocycles. The first-order chi connectivity index (χ1) is 8.50. The Hall–Kier alpha value is -1.39. The molecule has 0 N–H and O–H groups in total. The third-order valence-corrected chi connectivity index (χ3v) is 3.27. The molecule has 1 aromatic carbocycles. The van der Waals surface area contributed by atoms with Crippen molar-refractivity contribution >= 4 is 34.6 Å². The third kappa shape index (κ3) is 2.40. The van der Waals surface area contributed by atoms with Crippen LogP contribution < -0.4 is 0 Å². The van der Waals surface area contributed by atoms with Crippen molar-refractivity contribution < 1.29 is 0 Å². The van der Waals surface area contributed by atoms with Gasteiger partial charge in [0.1, 0.15) is 11.4 Å². The summed E-state index contributed by atoms with van der Waals surface area (Å²) < 4.78 is 1.76. The van der Waals surface area contributed by atoms with E-state index in [1.165, 1.54) is 0 Å². The van der Waals surface area contributed by atoms with E-state index in [-0.39, 0.29) is 0 Å². The molecule has 2 rings (SSSR count). The Labute approximate surface area is 115 Å². The lowest BCUT2D eigenvalue weighted by molar-refractivity contribution is 0.731. The fraction of sp³-hybridized carbons (Fsp3) is 0.250. The van der Waals surface area contributed by atoms with Gasteiger partial charge in [0.15, 0.2) is 0 Å². The Morgan fingerprint density at radius 1 is 1.06 bits per heavy atom. The monoisotopic (exact) mass is 282 g/mol. The van der Waals surface area contributed by atoms with E-state index in [4.69, 9.17) is 23.2 Å². The average Bonchev–Trinajstić information content (AvgIpc) is 2.54. The van der Waals surface area contributed by atoms with Gasteiger partial charge in [0.2, 0.25) is 0 Å². The summed E-state index contributed by atoms with van der Waals surface area (Å²) in [6.07, 6.45) is 0. The lowest BCUT2D eigenvalue weighted by Gasteiger charge is -1.99. The predicted molar refractivity (Wildman–Crippen MR) is 73.3 cm³/mol. The number of rotatable bonds is 2. The van der Waals surface area contributed by atoms with Crippen LogP contribution in [-0.2, 0) is 7.05 Å². The van der Waals surface area contributed by atoms with E-state index in [0.717, 1.165) is 17.1 Å². The lowest BCUT2D eigenvalue weighted by Crippen LogP contribution is -1.91. The van der Waals surface area contributed by atoms with Crippen molar-refractivity contribution in [1.82, 2.24) is 9.78 Å². The number of azo groups is 1. The first-order valence-corrected chi connectivity index (χ1v) is 6.12. The molecule has 0 spiro atoms. The summed E-state index contributed by atoms with van der Waals surface area (Å²) in [5.74, 6) is 0. The van der Waals surface area contributed by atoms with Crippen molar-refractivity contribution in [1.29, 1.82) is 0 Å². The molecule has 0 saturated heterocycles. The minimum absolute atomic E-state index is 0.475. The fourth-order valence-electron chi connectivity index (χ4n) is 1.59. The van der Waals surface area contributed by atoms with Crippen LogP contribution >= 0.6 is 23.2 Å². The van der Waals surface area contributed by atoms with Crippen LogP contribution in [0.4, 0.5) is 11.4 Å². The van der Waals surface area contributed by atoms with Crippen molar-refractivity contribution in [3.63, 3.8) is 0 Å². The number of aromatic nitrogens is 2. The summed E-state index contributed by atoms with van der Waals surface area (Å²) in [5.41, 5.74) is 2.98. The average molecular weight is 283 g/mol. The second kappa shape index (κ2) is 5.08. The topological polar surface area (TPSA) is 42.5 Å². The number of aryl methyl sites for hydroxylation is 2. The van der Waals surface area contributed by atoms with Gasteiger partial charge in [-0.3, -0.25) is 4.68 Å². The van der Waals surface area contributed by atoms with E-state index in [1.54, 1.807) is 22.9 Å². The van der Waals surface area contributed by atoms with Gasteiger partial charge < -0.3 is 0 Å². The molecule has 0 saturated carbocycles. The lowest BCUT2D eigenvalue weighted by atomic mass is 10.3. The highest BCUT2D eigenvalue weighted by molar-refractivity contribution is 6.38. The van der Waals surface area contributed by atoms with Crippen molar-refractivity contribution in [2.24, 2.45) is 17.3 Å². The maximum atomic E-state index is 6.02. The molecule has 18 heavy (non-hydrogen) atoms. The van der Waals surface area contributed by atoms with E-state index in [0.29, 0.717) is 15.7 Å². The molecule has 2 aromatic rings. The molecular formula is C12H12Cl2N4. The van der Waals surface area contributed by atoms with E-state index in [9.17, 15) is 0 Å². The number of nitrogens with zero attached hydrogens (tertiary/aromatic N) is 4. The van der Waals surface area contributed by atoms with Gasteiger partial charge >= 0.3 is 0 Å². The first kappa shape index (κ1) is 13.1. The zero-order valence-electron chi connectivity index (χ0n) is 10.3. The molecule has 0 fully saturated rings. The van der Waals surface area contributed by atoms with Crippen molar-refractivity contribution in [3.8, 4) is 0 Å². The first-order valence-electron chi connectivity index (χ1n) is 5.36. The number of hydrogen-bond donors (Lipinski definition) is 0. The summed E-state index contributed by atoms with van der Waals surface area (Å²) >= 11 is 12.0. The normalized spacial score (nSPS) is 11.4. The van der Waals surface area contributed by atoms with Gasteiger partial charge in [0.05, 0.1) is 21.4 Å². The van der Waals surface area contributed by atoms with Crippen LogP contribution in [0.2, 0.25) is 10.0 Å². The minimum Gasteiger partial charge on any atom is -0.270 e. The van der Waals surface area contributed by atoms with Gasteiger partial charge in [-0.05, 0) is 26.0 Å². The second-order valence-corrected chi connectivity index (χ2v) is 4.73. The van der Waals surface area contributed by atoms with Crippen LogP contribution in [-0.4, -0.2) is 9.78 Å². The Bertz CT molecular complexity index is 597. The Morgan fingerprint density at radius 3 is 2.11 bits per heavy atom. The van der Waals surface area contributed by atoms with Gasteiger partial charge in [-0.15, -0.1) is 10.2 Å². The molecule has 0 atom stereocenters. The molecule has 0 amide bonds. The van der Waals surface area contributed by atoms with E-state index >= 15 is 0 Å². The highest BCUT2D eigenvalue weighted by atomic mass is 35.5. The zero-order chi connectivity index (χ0) is 13.3. The van der Waals surface area contributed by atoms with Crippen LogP contribution in [0.1, 0.15) is 11.4 Å². The Morgan fingerprint density at radius 2 is 1.61 bits per heavy atom. The van der Waals surface area contributed by atoms with Gasteiger partial charge in [0, 0.05) is 7.05 Å². The molecule has 94 valence electrons. The summed E-state index contributed by atoms with van der Waals surface area (Å²) in [6.45, 7) is 3.82. The molecule has 0 aliphatic heterocycles. The van der Waals surface area contributed by atoms with Crippen LogP contribution in [0, 0.1) is 13.8 Å². The van der Waals surface area contributed by atoms with E-state index in [2.05, 4.69) is 15.3 Å². The molecule has 0 radical (unpaired) electrons. The van der Waals surface area contributed by atoms with Crippen LogP contribution in [0.5, 0.6) is 0 Å². The molecule has 1 aromatic heterocycles. The molecule has 0 unspecified atom stereocenters. The van der Waals surface area contributed by atoms with Gasteiger partial charge in [0.25, 0.3) is 0 Å². The summed E-state index contributed by atoms with van der Waals surface area (Å²) in [5, 5.41) is 13.5. The van der Waals surface area contributed by atoms with Crippen LogP contribution in [0.15, 0.2) is 28.4 Å². The zero-order valence-corrected chi connectivity index (χ0v) is 11.8. The second-order valence-electron chi connectivity index (χ2n) is 3.91. The highest BCUT2D eigenvalue weighted by Gasteiger charge is 2.09. The quantitative estimate of drug-likeness (QED) is 0.733. The fourth-order valence-corrected chi connectivity index (χ4v) is 2.06. The van der Waals surface area contributed by atoms with Gasteiger partial charge in [-0.25, -0.2) is 0 Å². The summed E-state index contributed by atoms with van der Waals surface area (Å²) in [7, 11) is 1.86. The maximum Gasteiger partial charge on any atom is 0.129 e. The molecule has 1 heterocycles. The minimum atomic E-state index is 0.475. The molecule has 0 bridgehead atoms. The third-order valence-electron chi connectivity index (χ3n) is 2.66. The summed E-state index contributed by atoms with van der Waals surface area (Å²) in [4.78, 5) is 0. The van der Waals surface area contributed by atoms with Gasteiger partial charge in [-0.2, -0.15) is 5.10 Å². The van der Waals surface area contributed by atoms with E-state index < -0.39 is 0 Å². The Balaban J connectivity index is 2.42. The SMILES string of the molecule is Cc1nn(C)c(C)c1/N=N/c1c(Cl)cccc1Cl. The maximum absolute atomic E-state index is 6.02. The highest BCUT2D eigenvalue weighted by Crippen LogP contribution is 2.34. The van der Waals surface area contributed by atoms with Crippen molar-refractivity contribution in [2.75, 3.05) is 0 Å². The van der Waals surface area contributed by atoms with Crippen LogP contribution in [0.25, 0.3) is 0 Å². The standard InChI is InChI=1S/C12H12Cl2N4/c1-7-11(8(2)18(3)17-7)15-16-12-9(13)5-4-6-10(12)14/h4-6H,1-3H3/b16-15+. The van der Waals surface area contributed by atoms with Crippen LogP contribution in [0.3, 0.4) is 0 Å². The predicted octanol–water partition coefficient (Wildman–Crippen LogP) is 4.76. The largest absolute Gasteiger partial charge is 0.270 e. The molecule has 4 nitrogen and oxygen atoms in total. The number of hydrogen-bond acceptors (Lipinski definition) is 3.